The van der Waals surface area contributed by atoms with E-state index >= 15 is 0 Å². The molecule has 2 aliphatic rings. The maximum Gasteiger partial charge on any atom is 0.233 e. The van der Waals surface area contributed by atoms with Crippen LogP contribution in [0.25, 0.3) is 0 Å². The van der Waals surface area contributed by atoms with Gasteiger partial charge in [0.2, 0.25) is 5.91 Å². The van der Waals surface area contributed by atoms with Crippen molar-refractivity contribution in [1.82, 2.24) is 4.90 Å². The maximum atomic E-state index is 13.5. The van der Waals surface area contributed by atoms with Crippen LogP contribution in [0.15, 0.2) is 24.3 Å². The highest BCUT2D eigenvalue weighted by Crippen LogP contribution is 2.46. The molecule has 1 aromatic rings. The fourth-order valence-electron chi connectivity index (χ4n) is 3.41. The van der Waals surface area contributed by atoms with Gasteiger partial charge in [-0.25, -0.2) is 4.39 Å². The number of hydrogen-bond acceptors (Lipinski definition) is 2. The van der Waals surface area contributed by atoms with Crippen molar-refractivity contribution < 1.29 is 14.3 Å². The number of aliphatic hydroxyl groups excluding tert-OH is 1. The van der Waals surface area contributed by atoms with E-state index in [2.05, 4.69) is 0 Å². The van der Waals surface area contributed by atoms with Crippen molar-refractivity contribution in [2.24, 2.45) is 5.92 Å². The molecule has 20 heavy (non-hydrogen) atoms. The third-order valence-electron chi connectivity index (χ3n) is 4.82. The number of likely N-dealkylation sites (tertiary alicyclic amines) is 1. The fourth-order valence-corrected chi connectivity index (χ4v) is 3.41. The monoisotopic (exact) mass is 277 g/mol. The third kappa shape index (κ3) is 2.12. The van der Waals surface area contributed by atoms with Gasteiger partial charge in [-0.1, -0.05) is 18.6 Å². The quantitative estimate of drug-likeness (QED) is 0.919. The summed E-state index contributed by atoms with van der Waals surface area (Å²) in [5.41, 5.74) is 0.285. The van der Waals surface area contributed by atoms with Crippen LogP contribution in [0.5, 0.6) is 0 Å². The van der Waals surface area contributed by atoms with E-state index in [4.69, 9.17) is 0 Å². The summed E-state index contributed by atoms with van der Waals surface area (Å²) in [5.74, 6) is 0.0325. The maximum absolute atomic E-state index is 13.5. The highest BCUT2D eigenvalue weighted by Gasteiger charge is 2.48. The first-order chi connectivity index (χ1) is 9.65. The number of carbonyl (C=O) groups excluding carboxylic acids is 1. The minimum Gasteiger partial charge on any atom is -0.396 e. The molecule has 1 N–H and O–H groups in total. The van der Waals surface area contributed by atoms with Gasteiger partial charge < -0.3 is 10.0 Å². The molecule has 1 saturated heterocycles. The zero-order chi connectivity index (χ0) is 14.2. The number of halogens is 1. The van der Waals surface area contributed by atoms with Crippen LogP contribution in [-0.4, -0.2) is 35.6 Å². The first kappa shape index (κ1) is 13.6. The van der Waals surface area contributed by atoms with Gasteiger partial charge in [0, 0.05) is 25.6 Å². The molecule has 4 heteroatoms. The van der Waals surface area contributed by atoms with Gasteiger partial charge in [-0.15, -0.1) is 0 Å². The van der Waals surface area contributed by atoms with E-state index in [-0.39, 0.29) is 24.2 Å². The second-order valence-corrected chi connectivity index (χ2v) is 6.03. The summed E-state index contributed by atoms with van der Waals surface area (Å²) in [6.45, 7) is 1.48. The molecule has 3 nitrogen and oxygen atoms in total. The minimum absolute atomic E-state index is 0.116. The summed E-state index contributed by atoms with van der Waals surface area (Å²) in [6, 6.07) is 6.45. The second kappa shape index (κ2) is 5.17. The van der Waals surface area contributed by atoms with Crippen molar-refractivity contribution >= 4 is 5.91 Å². The fraction of sp³-hybridized carbons (Fsp3) is 0.562. The van der Waals surface area contributed by atoms with Crippen molar-refractivity contribution in [2.45, 2.75) is 31.1 Å². The van der Waals surface area contributed by atoms with E-state index in [1.54, 1.807) is 6.07 Å². The van der Waals surface area contributed by atoms with Gasteiger partial charge >= 0.3 is 0 Å². The molecule has 1 aromatic carbocycles. The van der Waals surface area contributed by atoms with Crippen LogP contribution in [0.2, 0.25) is 0 Å². The SMILES string of the molecule is O=C(N1CCC(CO)C1)C1(c2cccc(F)c2)CCC1. The first-order valence-corrected chi connectivity index (χ1v) is 7.32. The van der Waals surface area contributed by atoms with Crippen LogP contribution in [-0.2, 0) is 10.2 Å². The van der Waals surface area contributed by atoms with Gasteiger partial charge in [-0.2, -0.15) is 0 Å². The van der Waals surface area contributed by atoms with Gasteiger partial charge in [-0.3, -0.25) is 4.79 Å². The molecule has 1 unspecified atom stereocenters. The van der Waals surface area contributed by atoms with Crippen molar-refractivity contribution in [1.29, 1.82) is 0 Å². The Bertz CT molecular complexity index is 513. The first-order valence-electron chi connectivity index (χ1n) is 7.32. The standard InChI is InChI=1S/C16H20FNO2/c17-14-4-1-3-13(9-14)16(6-2-7-16)15(20)18-8-5-12(10-18)11-19/h1,3-4,9,12,19H,2,5-8,10-11H2. The van der Waals surface area contributed by atoms with Crippen LogP contribution in [0.3, 0.4) is 0 Å². The third-order valence-corrected chi connectivity index (χ3v) is 4.82. The summed E-state index contributed by atoms with van der Waals surface area (Å²) < 4.78 is 13.5. The summed E-state index contributed by atoms with van der Waals surface area (Å²) in [6.07, 6.45) is 3.48. The molecule has 1 saturated carbocycles. The van der Waals surface area contributed by atoms with Crippen LogP contribution in [0.1, 0.15) is 31.2 Å². The van der Waals surface area contributed by atoms with Crippen molar-refractivity contribution in [2.75, 3.05) is 19.7 Å². The molecule has 1 heterocycles. The lowest BCUT2D eigenvalue weighted by Crippen LogP contribution is -2.50. The number of rotatable bonds is 3. The van der Waals surface area contributed by atoms with E-state index in [1.807, 2.05) is 11.0 Å². The Balaban J connectivity index is 1.84. The number of benzene rings is 1. The molecule has 2 fully saturated rings. The molecule has 0 spiro atoms. The number of amides is 1. The summed E-state index contributed by atoms with van der Waals surface area (Å²) in [5, 5.41) is 9.21. The number of carbonyl (C=O) groups is 1. The normalized spacial score (nSPS) is 24.5. The average molecular weight is 277 g/mol. The lowest BCUT2D eigenvalue weighted by molar-refractivity contribution is -0.140. The van der Waals surface area contributed by atoms with Crippen LogP contribution < -0.4 is 0 Å². The Morgan fingerprint density at radius 2 is 2.25 bits per heavy atom. The van der Waals surface area contributed by atoms with Gasteiger partial charge in [0.25, 0.3) is 0 Å². The summed E-state index contributed by atoms with van der Waals surface area (Å²) in [7, 11) is 0. The predicted octanol–water partition coefficient (Wildman–Crippen LogP) is 2.09. The Labute approximate surface area is 118 Å². The lowest BCUT2D eigenvalue weighted by Gasteiger charge is -2.43. The molecular formula is C16H20FNO2. The van der Waals surface area contributed by atoms with E-state index < -0.39 is 5.41 Å². The van der Waals surface area contributed by atoms with Crippen LogP contribution in [0.4, 0.5) is 4.39 Å². The Hall–Kier alpha value is -1.42. The Kier molecular flexibility index (Phi) is 3.50. The van der Waals surface area contributed by atoms with E-state index in [0.29, 0.717) is 13.1 Å². The van der Waals surface area contributed by atoms with Gasteiger partial charge in [0.1, 0.15) is 5.82 Å². The van der Waals surface area contributed by atoms with Gasteiger partial charge in [0.15, 0.2) is 0 Å². The zero-order valence-electron chi connectivity index (χ0n) is 11.5. The average Bonchev–Trinajstić information content (AvgIpc) is 2.86. The summed E-state index contributed by atoms with van der Waals surface area (Å²) >= 11 is 0. The lowest BCUT2D eigenvalue weighted by atomic mass is 9.63. The molecular weight excluding hydrogens is 257 g/mol. The van der Waals surface area contributed by atoms with Crippen LogP contribution in [0, 0.1) is 11.7 Å². The van der Waals surface area contributed by atoms with Crippen LogP contribution >= 0.6 is 0 Å². The minimum atomic E-state index is -0.521. The van der Waals surface area contributed by atoms with E-state index in [9.17, 15) is 14.3 Å². The molecule has 3 rings (SSSR count). The number of hydrogen-bond donors (Lipinski definition) is 1. The molecule has 1 amide bonds. The topological polar surface area (TPSA) is 40.5 Å². The van der Waals surface area contributed by atoms with E-state index in [0.717, 1.165) is 31.2 Å². The predicted molar refractivity (Wildman–Crippen MR) is 73.7 cm³/mol. The molecule has 1 aliphatic carbocycles. The molecule has 0 radical (unpaired) electrons. The molecule has 1 aliphatic heterocycles. The largest absolute Gasteiger partial charge is 0.396 e. The Morgan fingerprint density at radius 1 is 1.45 bits per heavy atom. The molecule has 1 atom stereocenters. The molecule has 108 valence electrons. The van der Waals surface area contributed by atoms with Crippen molar-refractivity contribution in [3.63, 3.8) is 0 Å². The van der Waals surface area contributed by atoms with Gasteiger partial charge in [0.05, 0.1) is 5.41 Å². The molecule has 0 bridgehead atoms. The Morgan fingerprint density at radius 3 is 2.80 bits per heavy atom. The van der Waals surface area contributed by atoms with E-state index in [1.165, 1.54) is 12.1 Å². The number of nitrogens with zero attached hydrogens (tertiary/aromatic N) is 1. The highest BCUT2D eigenvalue weighted by atomic mass is 19.1. The molecule has 0 aromatic heterocycles. The highest BCUT2D eigenvalue weighted by molar-refractivity contribution is 5.89. The number of aliphatic hydroxyl groups is 1. The zero-order valence-corrected chi connectivity index (χ0v) is 11.5. The second-order valence-electron chi connectivity index (χ2n) is 6.03. The smallest absolute Gasteiger partial charge is 0.233 e. The van der Waals surface area contributed by atoms with Crippen molar-refractivity contribution in [3.05, 3.63) is 35.6 Å². The van der Waals surface area contributed by atoms with Crippen molar-refractivity contribution in [3.8, 4) is 0 Å². The summed E-state index contributed by atoms with van der Waals surface area (Å²) in [4.78, 5) is 14.7. The van der Waals surface area contributed by atoms with Gasteiger partial charge in [-0.05, 0) is 37.0 Å².